The van der Waals surface area contributed by atoms with Crippen molar-refractivity contribution in [3.8, 4) is 11.6 Å². The minimum Gasteiger partial charge on any atom is -0.497 e. The molecule has 2 amide bonds. The lowest BCUT2D eigenvalue weighted by Gasteiger charge is -2.35. The number of carbonyl (C=O) groups excluding carboxylic acids is 2. The Morgan fingerprint density at radius 3 is 2.60 bits per heavy atom. The molecule has 5 rings (SSSR count). The van der Waals surface area contributed by atoms with Crippen molar-refractivity contribution in [1.29, 1.82) is 0 Å². The quantitative estimate of drug-likeness (QED) is 0.512. The molecule has 3 aliphatic rings. The first-order valence-corrected chi connectivity index (χ1v) is 15.5. The summed E-state index contributed by atoms with van der Waals surface area (Å²) in [4.78, 5) is 50.9. The SMILES string of the molecule is CCCC1C2CN(C(=O)C(C(C)(C)C)NC(=O)OC3CC3CCCCCc3nc4ccc(OC)cc4nc3O2)C1C(=O)O. The Balaban J connectivity index is 1.55. The van der Waals surface area contributed by atoms with Crippen molar-refractivity contribution in [2.24, 2.45) is 17.3 Å². The van der Waals surface area contributed by atoms with Crippen LogP contribution in [-0.4, -0.2) is 75.9 Å². The minimum atomic E-state index is -1.12. The summed E-state index contributed by atoms with van der Waals surface area (Å²) in [6.07, 6.45) is 5.10. The van der Waals surface area contributed by atoms with E-state index in [2.05, 4.69) is 5.32 Å². The van der Waals surface area contributed by atoms with E-state index in [0.717, 1.165) is 43.3 Å². The second-order valence-corrected chi connectivity index (χ2v) is 13.2. The van der Waals surface area contributed by atoms with Crippen LogP contribution in [0.15, 0.2) is 18.2 Å². The molecule has 11 heteroatoms. The van der Waals surface area contributed by atoms with Crippen molar-refractivity contribution >= 4 is 29.0 Å². The molecule has 1 saturated heterocycles. The number of carboxylic acid groups (broad SMARTS) is 1. The number of carbonyl (C=O) groups is 3. The van der Waals surface area contributed by atoms with E-state index in [1.165, 1.54) is 4.90 Å². The number of benzene rings is 1. The number of hydrogen-bond donors (Lipinski definition) is 2. The monoisotopic (exact) mass is 596 g/mol. The summed E-state index contributed by atoms with van der Waals surface area (Å²) in [5, 5.41) is 13.2. The predicted molar refractivity (Wildman–Crippen MR) is 159 cm³/mol. The zero-order valence-corrected chi connectivity index (χ0v) is 25.8. The highest BCUT2D eigenvalue weighted by Crippen LogP contribution is 2.39. The fraction of sp³-hybridized carbons (Fsp3) is 0.656. The van der Waals surface area contributed by atoms with E-state index in [1.54, 1.807) is 13.2 Å². The third-order valence-corrected chi connectivity index (χ3v) is 8.90. The highest BCUT2D eigenvalue weighted by Gasteiger charge is 2.52. The third kappa shape index (κ3) is 6.80. The Morgan fingerprint density at radius 1 is 1.12 bits per heavy atom. The summed E-state index contributed by atoms with van der Waals surface area (Å²) in [5.74, 6) is -0.728. The van der Waals surface area contributed by atoms with Gasteiger partial charge in [0.1, 0.15) is 35.7 Å². The number of hydrogen-bond acceptors (Lipinski definition) is 8. The van der Waals surface area contributed by atoms with Crippen molar-refractivity contribution in [3.63, 3.8) is 0 Å². The Bertz CT molecular complexity index is 1360. The largest absolute Gasteiger partial charge is 0.497 e. The number of carboxylic acids is 1. The maximum atomic E-state index is 14.1. The molecule has 2 N–H and O–H groups in total. The summed E-state index contributed by atoms with van der Waals surface area (Å²) in [6, 6.07) is 3.42. The number of aliphatic carboxylic acids is 1. The molecule has 6 unspecified atom stereocenters. The lowest BCUT2D eigenvalue weighted by atomic mass is 9.85. The lowest BCUT2D eigenvalue weighted by molar-refractivity contribution is -0.151. The minimum absolute atomic E-state index is 0.0474. The van der Waals surface area contributed by atoms with E-state index >= 15 is 0 Å². The van der Waals surface area contributed by atoms with Crippen molar-refractivity contribution in [1.82, 2.24) is 20.2 Å². The third-order valence-electron chi connectivity index (χ3n) is 8.90. The van der Waals surface area contributed by atoms with Gasteiger partial charge in [-0.3, -0.25) is 4.79 Å². The molecular weight excluding hydrogens is 552 g/mol. The Hall–Kier alpha value is -3.63. The van der Waals surface area contributed by atoms with E-state index in [0.29, 0.717) is 42.3 Å². The number of alkyl carbamates (subject to hydrolysis) is 1. The van der Waals surface area contributed by atoms with Gasteiger partial charge < -0.3 is 29.5 Å². The number of nitrogens with one attached hydrogen (secondary N) is 1. The molecular formula is C32H44N4O7. The van der Waals surface area contributed by atoms with E-state index in [4.69, 9.17) is 24.2 Å². The second kappa shape index (κ2) is 12.5. The van der Waals surface area contributed by atoms with E-state index in [9.17, 15) is 19.5 Å². The van der Waals surface area contributed by atoms with Crippen LogP contribution in [0.1, 0.15) is 78.3 Å². The number of ether oxygens (including phenoxy) is 3. The van der Waals surface area contributed by atoms with E-state index in [1.807, 2.05) is 39.8 Å². The van der Waals surface area contributed by atoms with Crippen LogP contribution in [0, 0.1) is 17.3 Å². The number of fused-ring (bicyclic) bond motifs is 5. The zero-order chi connectivity index (χ0) is 30.9. The Kier molecular flexibility index (Phi) is 8.99. The predicted octanol–water partition coefficient (Wildman–Crippen LogP) is 4.74. The van der Waals surface area contributed by atoms with Gasteiger partial charge in [-0.25, -0.2) is 19.6 Å². The van der Waals surface area contributed by atoms with Gasteiger partial charge in [0.2, 0.25) is 11.8 Å². The fourth-order valence-corrected chi connectivity index (χ4v) is 6.45. The summed E-state index contributed by atoms with van der Waals surface area (Å²) < 4.78 is 17.7. The van der Waals surface area contributed by atoms with Crippen LogP contribution in [0.25, 0.3) is 11.0 Å². The van der Waals surface area contributed by atoms with Crippen molar-refractivity contribution in [3.05, 3.63) is 23.9 Å². The molecule has 1 aromatic carbocycles. The first-order chi connectivity index (χ1) is 20.5. The van der Waals surface area contributed by atoms with Gasteiger partial charge in [-0.05, 0) is 55.6 Å². The van der Waals surface area contributed by atoms with Gasteiger partial charge in [-0.2, -0.15) is 0 Å². The van der Waals surface area contributed by atoms with Gasteiger partial charge in [-0.1, -0.05) is 47.0 Å². The molecule has 1 saturated carbocycles. The normalized spacial score (nSPS) is 28.4. The van der Waals surface area contributed by atoms with Gasteiger partial charge in [0, 0.05) is 12.0 Å². The van der Waals surface area contributed by atoms with E-state index < -0.39 is 47.5 Å². The number of nitrogens with zero attached hydrogens (tertiary/aromatic N) is 3. The molecule has 234 valence electrons. The number of rotatable bonds is 4. The van der Waals surface area contributed by atoms with Crippen molar-refractivity contribution < 1.29 is 33.7 Å². The molecule has 0 radical (unpaired) electrons. The highest BCUT2D eigenvalue weighted by molar-refractivity contribution is 5.90. The summed E-state index contributed by atoms with van der Waals surface area (Å²) in [7, 11) is 1.59. The molecule has 0 spiro atoms. The van der Waals surface area contributed by atoms with Crippen LogP contribution in [0.2, 0.25) is 0 Å². The van der Waals surface area contributed by atoms with Crippen LogP contribution in [0.3, 0.4) is 0 Å². The second-order valence-electron chi connectivity index (χ2n) is 13.2. The standard InChI is InChI=1S/C32H44N4O7/c1-6-10-20-25-17-36(26(20)30(38)39)29(37)27(32(2,3)4)35-31(40)43-24-15-18(24)11-8-7-9-12-22-28(42-25)34-23-16-19(41-5)13-14-21(23)33-22/h13-14,16,18,20,24-27H,6-12,15,17H2,1-5H3,(H,35,40)(H,38,39). The van der Waals surface area contributed by atoms with Gasteiger partial charge in [0.05, 0.1) is 24.7 Å². The average Bonchev–Trinajstić information content (AvgIpc) is 3.58. The lowest BCUT2D eigenvalue weighted by Crippen LogP contribution is -2.57. The first-order valence-electron chi connectivity index (χ1n) is 15.5. The summed E-state index contributed by atoms with van der Waals surface area (Å²) in [6.45, 7) is 7.56. The van der Waals surface area contributed by atoms with Gasteiger partial charge in [0.25, 0.3) is 0 Å². The summed E-state index contributed by atoms with van der Waals surface area (Å²) in [5.41, 5.74) is 1.36. The Morgan fingerprint density at radius 2 is 1.91 bits per heavy atom. The van der Waals surface area contributed by atoms with Crippen LogP contribution in [0.5, 0.6) is 11.6 Å². The number of amides is 2. The number of aromatic nitrogens is 2. The smallest absolute Gasteiger partial charge is 0.408 e. The first kappa shape index (κ1) is 30.8. The van der Waals surface area contributed by atoms with E-state index in [-0.39, 0.29) is 12.6 Å². The molecule has 1 aliphatic carbocycles. The molecule has 11 nitrogen and oxygen atoms in total. The van der Waals surface area contributed by atoms with Gasteiger partial charge in [-0.15, -0.1) is 0 Å². The van der Waals surface area contributed by atoms with Gasteiger partial charge >= 0.3 is 12.1 Å². The number of aryl methyl sites for hydroxylation is 1. The topological polar surface area (TPSA) is 140 Å². The van der Waals surface area contributed by atoms with Crippen molar-refractivity contribution in [2.75, 3.05) is 13.7 Å². The van der Waals surface area contributed by atoms with Gasteiger partial charge in [0.15, 0.2) is 0 Å². The van der Waals surface area contributed by atoms with Crippen molar-refractivity contribution in [2.45, 2.75) is 103 Å². The summed E-state index contributed by atoms with van der Waals surface area (Å²) >= 11 is 0. The molecule has 2 fully saturated rings. The van der Waals surface area contributed by atoms with Crippen LogP contribution in [-0.2, 0) is 20.7 Å². The average molecular weight is 597 g/mol. The van der Waals surface area contributed by atoms with Crippen LogP contribution < -0.4 is 14.8 Å². The maximum Gasteiger partial charge on any atom is 0.408 e. The molecule has 1 aromatic heterocycles. The molecule has 2 aromatic rings. The highest BCUT2D eigenvalue weighted by atomic mass is 16.6. The molecule has 3 heterocycles. The molecule has 2 bridgehead atoms. The van der Waals surface area contributed by atoms with Crippen LogP contribution >= 0.6 is 0 Å². The molecule has 2 aliphatic heterocycles. The molecule has 6 atom stereocenters. The zero-order valence-electron chi connectivity index (χ0n) is 25.8. The van der Waals surface area contributed by atoms with Crippen LogP contribution in [0.4, 0.5) is 4.79 Å². The fourth-order valence-electron chi connectivity index (χ4n) is 6.45. The number of methoxy groups -OCH3 is 1. The molecule has 43 heavy (non-hydrogen) atoms. The Labute approximate surface area is 252 Å². The maximum absolute atomic E-state index is 14.1.